The van der Waals surface area contributed by atoms with Crippen molar-refractivity contribution in [2.75, 3.05) is 19.1 Å². The first-order valence-electron chi connectivity index (χ1n) is 9.84. The molecule has 0 aliphatic rings. The molecule has 0 aliphatic heterocycles. The van der Waals surface area contributed by atoms with E-state index in [0.29, 0.717) is 39.8 Å². The third-order valence-electron chi connectivity index (χ3n) is 4.96. The Balaban J connectivity index is 1.76. The summed E-state index contributed by atoms with van der Waals surface area (Å²) in [4.78, 5) is 35.6. The zero-order valence-electron chi connectivity index (χ0n) is 17.9. The van der Waals surface area contributed by atoms with Crippen molar-refractivity contribution in [3.05, 3.63) is 77.6 Å². The smallest absolute Gasteiger partial charge is 0.260 e. The Labute approximate surface area is 189 Å². The van der Waals surface area contributed by atoms with Crippen molar-refractivity contribution in [3.8, 4) is 11.5 Å². The molecule has 0 saturated carbocycles. The highest BCUT2D eigenvalue weighted by molar-refractivity contribution is 7.22. The van der Waals surface area contributed by atoms with E-state index in [2.05, 4.69) is 4.98 Å². The first kappa shape index (κ1) is 21.5. The van der Waals surface area contributed by atoms with Gasteiger partial charge in [-0.15, -0.1) is 0 Å². The van der Waals surface area contributed by atoms with E-state index in [1.54, 1.807) is 61.8 Å². The summed E-state index contributed by atoms with van der Waals surface area (Å²) in [6.45, 7) is 1.80. The molecule has 0 N–H and O–H groups in total. The van der Waals surface area contributed by atoms with Gasteiger partial charge in [0.15, 0.2) is 22.4 Å². The van der Waals surface area contributed by atoms with E-state index >= 15 is 0 Å². The summed E-state index contributed by atoms with van der Waals surface area (Å²) in [6, 6.07) is 14.0. The van der Waals surface area contributed by atoms with Crippen LogP contribution in [0.5, 0.6) is 11.5 Å². The number of carbonyl (C=O) groups excluding carboxylic acids is 2. The minimum Gasteiger partial charge on any atom is -0.493 e. The maximum Gasteiger partial charge on any atom is 0.260 e. The maximum absolute atomic E-state index is 13.5. The van der Waals surface area contributed by atoms with Crippen molar-refractivity contribution >= 4 is 38.4 Å². The maximum atomic E-state index is 13.5. The number of hydrogen-bond acceptors (Lipinski definition) is 7. The van der Waals surface area contributed by atoms with Gasteiger partial charge in [0.05, 0.1) is 31.0 Å². The molecule has 0 fully saturated rings. The Morgan fingerprint density at radius 3 is 2.31 bits per heavy atom. The van der Waals surface area contributed by atoms with Crippen molar-refractivity contribution < 1.29 is 19.1 Å². The van der Waals surface area contributed by atoms with Gasteiger partial charge < -0.3 is 9.47 Å². The lowest BCUT2D eigenvalue weighted by molar-refractivity contribution is 0.0981. The summed E-state index contributed by atoms with van der Waals surface area (Å²) < 4.78 is 11.6. The summed E-state index contributed by atoms with van der Waals surface area (Å²) in [7, 11) is 3.15. The van der Waals surface area contributed by atoms with Crippen LogP contribution in [0.4, 0.5) is 5.13 Å². The predicted molar refractivity (Wildman–Crippen MR) is 124 cm³/mol. The van der Waals surface area contributed by atoms with E-state index in [9.17, 15) is 9.59 Å². The lowest BCUT2D eigenvalue weighted by atomic mass is 10.1. The number of nitrogens with zero attached hydrogens (tertiary/aromatic N) is 3. The van der Waals surface area contributed by atoms with Crippen LogP contribution in [0.2, 0.25) is 0 Å². The van der Waals surface area contributed by atoms with E-state index < -0.39 is 0 Å². The standard InChI is InChI=1S/C24H21N3O4S/c1-15(28)17-6-8-18(9-7-17)23(29)27(14-16-5-4-10-25-13-16)24-26-19-11-20(30-2)21(31-3)12-22(19)32-24/h4-13H,14H2,1-3H3. The van der Waals surface area contributed by atoms with E-state index in [-0.39, 0.29) is 11.7 Å². The molecular weight excluding hydrogens is 426 g/mol. The van der Waals surface area contributed by atoms with Crippen LogP contribution in [-0.4, -0.2) is 35.9 Å². The van der Waals surface area contributed by atoms with Gasteiger partial charge in [-0.25, -0.2) is 4.98 Å². The molecule has 0 unspecified atom stereocenters. The summed E-state index contributed by atoms with van der Waals surface area (Å²) in [5.41, 5.74) is 2.60. The fourth-order valence-corrected chi connectivity index (χ4v) is 4.24. The van der Waals surface area contributed by atoms with Crippen molar-refractivity contribution in [1.82, 2.24) is 9.97 Å². The van der Waals surface area contributed by atoms with Crippen LogP contribution in [0.3, 0.4) is 0 Å². The number of thiazole rings is 1. The molecule has 2 aromatic carbocycles. The Morgan fingerprint density at radius 2 is 1.69 bits per heavy atom. The number of aromatic nitrogens is 2. The van der Waals surface area contributed by atoms with Gasteiger partial charge in [0.2, 0.25) is 0 Å². The lowest BCUT2D eigenvalue weighted by Crippen LogP contribution is -2.30. The summed E-state index contributed by atoms with van der Waals surface area (Å²) in [5.74, 6) is 0.897. The molecule has 0 aliphatic carbocycles. The molecule has 32 heavy (non-hydrogen) atoms. The quantitative estimate of drug-likeness (QED) is 0.380. The molecule has 0 bridgehead atoms. The van der Waals surface area contributed by atoms with Crippen LogP contribution in [0.15, 0.2) is 60.9 Å². The van der Waals surface area contributed by atoms with Crippen LogP contribution in [0.25, 0.3) is 10.2 Å². The Morgan fingerprint density at radius 1 is 1.00 bits per heavy atom. The molecule has 0 atom stereocenters. The minimum atomic E-state index is -0.220. The topological polar surface area (TPSA) is 81.6 Å². The van der Waals surface area contributed by atoms with E-state index in [0.717, 1.165) is 10.3 Å². The van der Waals surface area contributed by atoms with Crippen molar-refractivity contribution in [2.24, 2.45) is 0 Å². The monoisotopic (exact) mass is 447 g/mol. The van der Waals surface area contributed by atoms with Crippen LogP contribution in [-0.2, 0) is 6.54 Å². The third-order valence-corrected chi connectivity index (χ3v) is 6.00. The van der Waals surface area contributed by atoms with Gasteiger partial charge in [-0.3, -0.25) is 19.5 Å². The average Bonchev–Trinajstić information content (AvgIpc) is 3.24. The van der Waals surface area contributed by atoms with Gasteiger partial charge in [-0.05, 0) is 30.7 Å². The molecule has 2 heterocycles. The molecule has 7 nitrogen and oxygen atoms in total. The first-order chi connectivity index (χ1) is 15.5. The number of ketones is 1. The highest BCUT2D eigenvalue weighted by atomic mass is 32.1. The van der Waals surface area contributed by atoms with Crippen molar-refractivity contribution in [1.29, 1.82) is 0 Å². The number of methoxy groups -OCH3 is 2. The fourth-order valence-electron chi connectivity index (χ4n) is 3.26. The number of ether oxygens (including phenoxy) is 2. The zero-order chi connectivity index (χ0) is 22.7. The second kappa shape index (κ2) is 9.15. The second-order valence-corrected chi connectivity index (χ2v) is 8.07. The summed E-state index contributed by atoms with van der Waals surface area (Å²) in [5, 5.41) is 0.541. The van der Waals surface area contributed by atoms with Gasteiger partial charge in [0.25, 0.3) is 5.91 Å². The van der Waals surface area contributed by atoms with Gasteiger partial charge in [-0.1, -0.05) is 29.5 Å². The van der Waals surface area contributed by atoms with E-state index in [1.165, 1.54) is 18.3 Å². The highest BCUT2D eigenvalue weighted by Gasteiger charge is 2.23. The molecule has 162 valence electrons. The summed E-state index contributed by atoms with van der Waals surface area (Å²) >= 11 is 1.39. The number of fused-ring (bicyclic) bond motifs is 1. The Kier molecular flexibility index (Phi) is 6.13. The molecule has 1 amide bonds. The lowest BCUT2D eigenvalue weighted by Gasteiger charge is -2.20. The van der Waals surface area contributed by atoms with Gasteiger partial charge >= 0.3 is 0 Å². The molecule has 2 aromatic heterocycles. The number of anilines is 1. The Bertz CT molecular complexity index is 1230. The zero-order valence-corrected chi connectivity index (χ0v) is 18.7. The number of benzene rings is 2. The normalized spacial score (nSPS) is 10.7. The SMILES string of the molecule is COc1cc2nc(N(Cc3cccnc3)C(=O)c3ccc(C(C)=O)cc3)sc2cc1OC. The van der Waals surface area contributed by atoms with E-state index in [1.807, 2.05) is 18.2 Å². The predicted octanol–water partition coefficient (Wildman–Crippen LogP) is 4.76. The van der Waals surface area contributed by atoms with Crippen LogP contribution >= 0.6 is 11.3 Å². The number of carbonyl (C=O) groups is 2. The number of amides is 1. The van der Waals surface area contributed by atoms with Gasteiger partial charge in [0.1, 0.15) is 0 Å². The van der Waals surface area contributed by atoms with Gasteiger partial charge in [-0.2, -0.15) is 0 Å². The molecule has 4 rings (SSSR count). The van der Waals surface area contributed by atoms with E-state index in [4.69, 9.17) is 14.5 Å². The Hall–Kier alpha value is -3.78. The number of Topliss-reactive ketones (excluding diaryl/α,β-unsaturated/α-hetero) is 1. The molecule has 4 aromatic rings. The van der Waals surface area contributed by atoms with Crippen molar-refractivity contribution in [3.63, 3.8) is 0 Å². The van der Waals surface area contributed by atoms with Crippen LogP contribution in [0.1, 0.15) is 33.2 Å². The second-order valence-electron chi connectivity index (χ2n) is 7.06. The number of hydrogen-bond donors (Lipinski definition) is 0. The molecule has 0 spiro atoms. The fraction of sp³-hybridized carbons (Fsp3) is 0.167. The molecule has 0 saturated heterocycles. The van der Waals surface area contributed by atoms with Crippen molar-refractivity contribution in [2.45, 2.75) is 13.5 Å². The highest BCUT2D eigenvalue weighted by Crippen LogP contribution is 2.38. The average molecular weight is 448 g/mol. The molecular formula is C24H21N3O4S. The largest absolute Gasteiger partial charge is 0.493 e. The summed E-state index contributed by atoms with van der Waals surface area (Å²) in [6.07, 6.45) is 3.41. The van der Waals surface area contributed by atoms with Crippen LogP contribution in [0, 0.1) is 0 Å². The van der Waals surface area contributed by atoms with Gasteiger partial charge in [0, 0.05) is 35.7 Å². The molecule has 0 radical (unpaired) electrons. The minimum absolute atomic E-state index is 0.0507. The third kappa shape index (κ3) is 4.31. The first-order valence-corrected chi connectivity index (χ1v) is 10.7. The van der Waals surface area contributed by atoms with Crippen LogP contribution < -0.4 is 14.4 Å². The number of rotatable bonds is 7. The molecule has 8 heteroatoms. The number of pyridine rings is 1.